The van der Waals surface area contributed by atoms with Crippen molar-refractivity contribution in [3.8, 4) is 0 Å². The van der Waals surface area contributed by atoms with Crippen molar-refractivity contribution in [3.05, 3.63) is 112 Å². The summed E-state index contributed by atoms with van der Waals surface area (Å²) in [5.74, 6) is -1.00. The highest BCUT2D eigenvalue weighted by molar-refractivity contribution is 5.96. The number of ether oxygens (including phenoxy) is 1. The molecule has 2 amide bonds. The number of benzene rings is 2. The first-order valence-corrected chi connectivity index (χ1v) is 12.4. The third kappa shape index (κ3) is 6.12. The lowest BCUT2D eigenvalue weighted by atomic mass is 9.83. The molecular weight excluding hydrogens is 466 g/mol. The smallest absolute Gasteiger partial charge is 0.336 e. The molecule has 1 N–H and O–H groups in total. The van der Waals surface area contributed by atoms with Gasteiger partial charge in [-0.15, -0.1) is 0 Å². The van der Waals surface area contributed by atoms with Gasteiger partial charge in [-0.25, -0.2) is 4.79 Å². The Morgan fingerprint density at radius 1 is 1.03 bits per heavy atom. The van der Waals surface area contributed by atoms with Gasteiger partial charge in [0.05, 0.1) is 18.7 Å². The summed E-state index contributed by atoms with van der Waals surface area (Å²) in [6, 6.07) is 18.8. The van der Waals surface area contributed by atoms with Gasteiger partial charge in [-0.2, -0.15) is 0 Å². The van der Waals surface area contributed by atoms with Gasteiger partial charge in [0.2, 0.25) is 5.91 Å². The van der Waals surface area contributed by atoms with Crippen LogP contribution in [0.4, 0.5) is 0 Å². The van der Waals surface area contributed by atoms with Crippen LogP contribution < -0.4 is 5.32 Å². The number of aryl methyl sites for hydroxylation is 1. The molecule has 0 aliphatic carbocycles. The molecule has 7 heteroatoms. The van der Waals surface area contributed by atoms with E-state index in [1.165, 1.54) is 0 Å². The van der Waals surface area contributed by atoms with Crippen molar-refractivity contribution in [1.29, 1.82) is 0 Å². The number of rotatable bonds is 8. The SMILES string of the molecule is CCOC(=O)C1=C(C)N(Cc2ccc(C(=O)NCc3cccnc3)cc2)C(=O)CC1c1ccc(C)cc1. The Morgan fingerprint density at radius 3 is 2.41 bits per heavy atom. The summed E-state index contributed by atoms with van der Waals surface area (Å²) in [6.45, 7) is 6.51. The third-order valence-corrected chi connectivity index (χ3v) is 6.53. The first-order chi connectivity index (χ1) is 17.9. The van der Waals surface area contributed by atoms with Gasteiger partial charge < -0.3 is 15.0 Å². The van der Waals surface area contributed by atoms with Crippen LogP contribution in [0, 0.1) is 6.92 Å². The number of pyridine rings is 1. The molecule has 1 unspecified atom stereocenters. The zero-order valence-corrected chi connectivity index (χ0v) is 21.4. The topological polar surface area (TPSA) is 88.6 Å². The number of esters is 1. The van der Waals surface area contributed by atoms with E-state index in [1.54, 1.807) is 43.3 Å². The third-order valence-electron chi connectivity index (χ3n) is 6.53. The zero-order valence-electron chi connectivity index (χ0n) is 21.4. The minimum atomic E-state index is -0.399. The molecule has 0 bridgehead atoms. The van der Waals surface area contributed by atoms with E-state index < -0.39 is 5.97 Å². The molecule has 1 aromatic heterocycles. The van der Waals surface area contributed by atoms with E-state index in [9.17, 15) is 14.4 Å². The van der Waals surface area contributed by atoms with Gasteiger partial charge in [0.25, 0.3) is 5.91 Å². The maximum atomic E-state index is 13.3. The van der Waals surface area contributed by atoms with Crippen molar-refractivity contribution in [3.63, 3.8) is 0 Å². The number of allylic oxidation sites excluding steroid dienone is 1. The maximum Gasteiger partial charge on any atom is 0.336 e. The van der Waals surface area contributed by atoms with Gasteiger partial charge in [-0.1, -0.05) is 48.0 Å². The van der Waals surface area contributed by atoms with Crippen molar-refractivity contribution in [2.24, 2.45) is 0 Å². The fraction of sp³-hybridized carbons (Fsp3) is 0.267. The van der Waals surface area contributed by atoms with Gasteiger partial charge in [0, 0.05) is 42.5 Å². The quantitative estimate of drug-likeness (QED) is 0.457. The second-order valence-corrected chi connectivity index (χ2v) is 9.11. The first kappa shape index (κ1) is 25.8. The summed E-state index contributed by atoms with van der Waals surface area (Å²) < 4.78 is 5.37. The van der Waals surface area contributed by atoms with Gasteiger partial charge in [-0.3, -0.25) is 14.6 Å². The summed E-state index contributed by atoms with van der Waals surface area (Å²) in [6.07, 6.45) is 3.58. The van der Waals surface area contributed by atoms with Crippen molar-refractivity contribution in [2.75, 3.05) is 6.61 Å². The molecule has 1 aliphatic heterocycles. The van der Waals surface area contributed by atoms with Crippen LogP contribution in [0.2, 0.25) is 0 Å². The Hall–Kier alpha value is -4.26. The minimum absolute atomic E-state index is 0.0607. The lowest BCUT2D eigenvalue weighted by molar-refractivity contribution is -0.140. The summed E-state index contributed by atoms with van der Waals surface area (Å²) in [4.78, 5) is 44.5. The molecule has 0 radical (unpaired) electrons. The Bertz CT molecular complexity index is 1300. The highest BCUT2D eigenvalue weighted by Gasteiger charge is 2.36. The molecule has 4 rings (SSSR count). The Morgan fingerprint density at radius 2 is 1.76 bits per heavy atom. The molecule has 0 spiro atoms. The van der Waals surface area contributed by atoms with E-state index in [2.05, 4.69) is 10.3 Å². The molecule has 2 heterocycles. The second kappa shape index (κ2) is 11.6. The lowest BCUT2D eigenvalue weighted by Crippen LogP contribution is -2.38. The summed E-state index contributed by atoms with van der Waals surface area (Å²) in [5, 5.41) is 2.88. The van der Waals surface area contributed by atoms with E-state index in [4.69, 9.17) is 4.74 Å². The molecule has 0 fully saturated rings. The predicted molar refractivity (Wildman–Crippen MR) is 140 cm³/mol. The number of hydrogen-bond acceptors (Lipinski definition) is 5. The highest BCUT2D eigenvalue weighted by atomic mass is 16.5. The molecule has 37 heavy (non-hydrogen) atoms. The van der Waals surface area contributed by atoms with E-state index in [-0.39, 0.29) is 30.8 Å². The fourth-order valence-electron chi connectivity index (χ4n) is 4.49. The second-order valence-electron chi connectivity index (χ2n) is 9.11. The molecule has 3 aromatic rings. The lowest BCUT2D eigenvalue weighted by Gasteiger charge is -2.34. The van der Waals surface area contributed by atoms with Crippen LogP contribution in [0.5, 0.6) is 0 Å². The number of aromatic nitrogens is 1. The van der Waals surface area contributed by atoms with Crippen LogP contribution in [-0.2, 0) is 27.4 Å². The number of carbonyl (C=O) groups is 3. The Balaban J connectivity index is 1.52. The van der Waals surface area contributed by atoms with Crippen molar-refractivity contribution < 1.29 is 19.1 Å². The zero-order chi connectivity index (χ0) is 26.4. The van der Waals surface area contributed by atoms with E-state index in [0.29, 0.717) is 29.9 Å². The van der Waals surface area contributed by atoms with Gasteiger partial charge in [0.15, 0.2) is 0 Å². The fourth-order valence-corrected chi connectivity index (χ4v) is 4.49. The predicted octanol–water partition coefficient (Wildman–Crippen LogP) is 4.67. The van der Waals surface area contributed by atoms with Crippen LogP contribution in [-0.4, -0.2) is 34.3 Å². The van der Waals surface area contributed by atoms with E-state index >= 15 is 0 Å². The number of nitrogens with zero attached hydrogens (tertiary/aromatic N) is 2. The van der Waals surface area contributed by atoms with Crippen molar-refractivity contribution >= 4 is 17.8 Å². The standard InChI is InChI=1S/C30H31N3O4/c1-4-37-30(36)28-21(3)33(27(34)16-26(28)24-11-7-20(2)8-12-24)19-22-9-13-25(14-10-22)29(35)32-18-23-6-5-15-31-17-23/h5-15,17,26H,4,16,18-19H2,1-3H3,(H,32,35). The Kier molecular flexibility index (Phi) is 8.13. The number of nitrogens with one attached hydrogen (secondary N) is 1. The van der Waals surface area contributed by atoms with Crippen LogP contribution >= 0.6 is 0 Å². The average Bonchev–Trinajstić information content (AvgIpc) is 2.91. The first-order valence-electron chi connectivity index (χ1n) is 12.4. The van der Waals surface area contributed by atoms with Crippen LogP contribution in [0.1, 0.15) is 58.8 Å². The monoisotopic (exact) mass is 497 g/mol. The van der Waals surface area contributed by atoms with Gasteiger partial charge >= 0.3 is 5.97 Å². The maximum absolute atomic E-state index is 13.3. The summed E-state index contributed by atoms with van der Waals surface area (Å²) >= 11 is 0. The molecule has 2 aromatic carbocycles. The van der Waals surface area contributed by atoms with Crippen LogP contribution in [0.25, 0.3) is 0 Å². The molecular formula is C30H31N3O4. The highest BCUT2D eigenvalue weighted by Crippen LogP contribution is 2.37. The summed E-state index contributed by atoms with van der Waals surface area (Å²) in [7, 11) is 0. The Labute approximate surface area is 217 Å². The number of carbonyl (C=O) groups excluding carboxylic acids is 3. The van der Waals surface area contributed by atoms with E-state index in [1.807, 2.05) is 55.5 Å². The van der Waals surface area contributed by atoms with Crippen molar-refractivity contribution in [1.82, 2.24) is 15.2 Å². The van der Waals surface area contributed by atoms with E-state index in [0.717, 1.165) is 22.3 Å². The van der Waals surface area contributed by atoms with Crippen LogP contribution in [0.15, 0.2) is 84.3 Å². The van der Waals surface area contributed by atoms with Crippen LogP contribution in [0.3, 0.4) is 0 Å². The van der Waals surface area contributed by atoms with Gasteiger partial charge in [-0.05, 0) is 55.7 Å². The number of amides is 2. The molecule has 7 nitrogen and oxygen atoms in total. The number of hydrogen-bond donors (Lipinski definition) is 1. The molecule has 190 valence electrons. The molecule has 0 saturated heterocycles. The van der Waals surface area contributed by atoms with Gasteiger partial charge in [0.1, 0.15) is 0 Å². The molecule has 1 atom stereocenters. The largest absolute Gasteiger partial charge is 0.463 e. The molecule has 1 aliphatic rings. The normalized spacial score (nSPS) is 15.5. The summed E-state index contributed by atoms with van der Waals surface area (Å²) in [5.41, 5.74) is 5.43. The van der Waals surface area contributed by atoms with Crippen molar-refractivity contribution in [2.45, 2.75) is 46.2 Å². The minimum Gasteiger partial charge on any atom is -0.463 e. The average molecular weight is 498 g/mol. The molecule has 0 saturated carbocycles.